The lowest BCUT2D eigenvalue weighted by Gasteiger charge is -2.07. The summed E-state index contributed by atoms with van der Waals surface area (Å²) in [6.45, 7) is 0. The van der Waals surface area contributed by atoms with Crippen molar-refractivity contribution in [3.8, 4) is 0 Å². The van der Waals surface area contributed by atoms with E-state index in [0.717, 1.165) is 0 Å². The summed E-state index contributed by atoms with van der Waals surface area (Å²) in [5.41, 5.74) is 0.288. The molecule has 0 aromatic heterocycles. The highest BCUT2D eigenvalue weighted by atomic mass is 32.1. The van der Waals surface area contributed by atoms with Crippen LogP contribution in [0.15, 0.2) is 30.3 Å². The largest absolute Gasteiger partial charge is 0.405 e. The minimum Gasteiger partial charge on any atom is -0.382 e. The Kier molecular flexibility index (Phi) is 3.35. The molecule has 0 N–H and O–H groups in total. The third-order valence-electron chi connectivity index (χ3n) is 1.48. The molecule has 1 aromatic carbocycles. The van der Waals surface area contributed by atoms with Crippen molar-refractivity contribution in [2.75, 3.05) is 0 Å². The second kappa shape index (κ2) is 4.52. The van der Waals surface area contributed by atoms with Crippen LogP contribution in [0.25, 0.3) is 0 Å². The van der Waals surface area contributed by atoms with E-state index >= 15 is 0 Å². The number of nitro groups is 1. The fourth-order valence-corrected chi connectivity index (χ4v) is 1.03. The predicted molar refractivity (Wildman–Crippen MR) is 50.2 cm³/mol. The number of nitrogens with zero attached hydrogens (tertiary/aromatic N) is 1. The molecule has 1 radical (unpaired) electrons. The Morgan fingerprint density at radius 2 is 2.00 bits per heavy atom. The first kappa shape index (κ1) is 10.4. The van der Waals surface area contributed by atoms with Crippen molar-refractivity contribution in [2.24, 2.45) is 0 Å². The summed E-state index contributed by atoms with van der Waals surface area (Å²) in [5, 5.41) is 9.43. The van der Waals surface area contributed by atoms with Gasteiger partial charge in [-0.15, -0.1) is 0 Å². The normalized spacial score (nSPS) is 11.7. The number of carbonyl (C=O) groups is 1. The number of carbonyl (C=O) groups excluding carboxylic acids is 1. The molecule has 0 bridgehead atoms. The SMILES string of the molecule is O=C([S])OC(c1ccccc1)[N+](=O)[O-]. The van der Waals surface area contributed by atoms with Gasteiger partial charge < -0.3 is 4.74 Å². The molecule has 1 unspecified atom stereocenters. The van der Waals surface area contributed by atoms with Gasteiger partial charge in [-0.2, -0.15) is 0 Å². The van der Waals surface area contributed by atoms with Gasteiger partial charge in [0.1, 0.15) is 0 Å². The summed E-state index contributed by atoms with van der Waals surface area (Å²) in [6, 6.07) is 7.92. The first-order valence-electron chi connectivity index (χ1n) is 3.67. The van der Waals surface area contributed by atoms with E-state index in [2.05, 4.69) is 17.4 Å². The van der Waals surface area contributed by atoms with Crippen molar-refractivity contribution < 1.29 is 14.5 Å². The van der Waals surface area contributed by atoms with E-state index in [1.165, 1.54) is 12.1 Å². The summed E-state index contributed by atoms with van der Waals surface area (Å²) < 4.78 is 4.37. The van der Waals surface area contributed by atoms with Crippen LogP contribution in [-0.2, 0) is 4.74 Å². The zero-order chi connectivity index (χ0) is 10.6. The van der Waals surface area contributed by atoms with Crippen molar-refractivity contribution in [3.63, 3.8) is 0 Å². The molecule has 6 heteroatoms. The highest BCUT2D eigenvalue weighted by Gasteiger charge is 2.25. The molecule has 0 spiro atoms. The lowest BCUT2D eigenvalue weighted by molar-refractivity contribution is -0.574. The van der Waals surface area contributed by atoms with Crippen LogP contribution >= 0.6 is 12.6 Å². The van der Waals surface area contributed by atoms with Gasteiger partial charge in [0, 0.05) is 12.6 Å². The van der Waals surface area contributed by atoms with Crippen molar-refractivity contribution in [1.82, 2.24) is 0 Å². The fourth-order valence-electron chi connectivity index (χ4n) is 0.942. The maximum absolute atomic E-state index is 10.5. The van der Waals surface area contributed by atoms with E-state index in [1.807, 2.05) is 0 Å². The van der Waals surface area contributed by atoms with Gasteiger partial charge in [0.05, 0.1) is 10.5 Å². The second-order valence-corrected chi connectivity index (χ2v) is 2.75. The van der Waals surface area contributed by atoms with Crippen molar-refractivity contribution in [3.05, 3.63) is 46.0 Å². The Morgan fingerprint density at radius 1 is 1.43 bits per heavy atom. The molecule has 0 aliphatic rings. The monoisotopic (exact) mass is 212 g/mol. The lowest BCUT2D eigenvalue weighted by Crippen LogP contribution is -2.15. The Labute approximate surface area is 85.2 Å². The third kappa shape index (κ3) is 2.67. The minimum absolute atomic E-state index is 0.288. The zero-order valence-corrected chi connectivity index (χ0v) is 7.77. The van der Waals surface area contributed by atoms with Gasteiger partial charge in [-0.3, -0.25) is 10.1 Å². The zero-order valence-electron chi connectivity index (χ0n) is 6.95. The van der Waals surface area contributed by atoms with Gasteiger partial charge in [0.25, 0.3) is 0 Å². The third-order valence-corrected chi connectivity index (χ3v) is 1.58. The molecule has 0 heterocycles. The summed E-state index contributed by atoms with van der Waals surface area (Å²) in [5.74, 6) is 0. The Balaban J connectivity index is 2.89. The number of hydrogen-bond donors (Lipinski definition) is 0. The van der Waals surface area contributed by atoms with E-state index in [4.69, 9.17) is 0 Å². The summed E-state index contributed by atoms with van der Waals surface area (Å²) >= 11 is 4.11. The molecule has 0 aliphatic carbocycles. The van der Waals surface area contributed by atoms with Gasteiger partial charge in [0.15, 0.2) is 0 Å². The Hall–Kier alpha value is -1.69. The first-order chi connectivity index (χ1) is 6.61. The topological polar surface area (TPSA) is 69.4 Å². The van der Waals surface area contributed by atoms with Gasteiger partial charge in [-0.1, -0.05) is 18.2 Å². The number of hydrogen-bond acceptors (Lipinski definition) is 4. The summed E-state index contributed by atoms with van der Waals surface area (Å²) in [4.78, 5) is 20.2. The molecule has 14 heavy (non-hydrogen) atoms. The van der Waals surface area contributed by atoms with E-state index in [1.54, 1.807) is 18.2 Å². The molecule has 0 saturated heterocycles. The maximum atomic E-state index is 10.5. The predicted octanol–water partition coefficient (Wildman–Crippen LogP) is 2.30. The average Bonchev–Trinajstić information content (AvgIpc) is 2.15. The van der Waals surface area contributed by atoms with Crippen LogP contribution < -0.4 is 0 Å². The smallest absolute Gasteiger partial charge is 0.382 e. The Bertz CT molecular complexity index is 340. The molecule has 1 aromatic rings. The quantitative estimate of drug-likeness (QED) is 0.333. The molecule has 73 valence electrons. The van der Waals surface area contributed by atoms with Crippen LogP contribution in [0.5, 0.6) is 0 Å². The number of ether oxygens (including phenoxy) is 1. The molecular weight excluding hydrogens is 206 g/mol. The van der Waals surface area contributed by atoms with Crippen LogP contribution in [0.1, 0.15) is 11.8 Å². The molecule has 1 rings (SSSR count). The van der Waals surface area contributed by atoms with Crippen LogP contribution in [-0.4, -0.2) is 10.2 Å². The minimum atomic E-state index is -1.51. The fraction of sp³-hybridized carbons (Fsp3) is 0.125. The van der Waals surface area contributed by atoms with Crippen LogP contribution in [0.4, 0.5) is 4.79 Å². The highest BCUT2D eigenvalue weighted by Crippen LogP contribution is 2.18. The van der Waals surface area contributed by atoms with E-state index in [9.17, 15) is 14.9 Å². The number of rotatable bonds is 3. The van der Waals surface area contributed by atoms with Gasteiger partial charge in [-0.25, -0.2) is 4.79 Å². The molecule has 1 atom stereocenters. The molecule has 0 saturated carbocycles. The van der Waals surface area contributed by atoms with Gasteiger partial charge >= 0.3 is 11.5 Å². The number of benzene rings is 1. The molecule has 0 amide bonds. The van der Waals surface area contributed by atoms with E-state index in [-0.39, 0.29) is 5.56 Å². The van der Waals surface area contributed by atoms with Crippen LogP contribution in [0, 0.1) is 10.1 Å². The van der Waals surface area contributed by atoms with Gasteiger partial charge in [-0.05, 0) is 12.1 Å². The van der Waals surface area contributed by atoms with Crippen LogP contribution in [0.3, 0.4) is 0 Å². The van der Waals surface area contributed by atoms with E-state index in [0.29, 0.717) is 0 Å². The van der Waals surface area contributed by atoms with Crippen molar-refractivity contribution in [2.45, 2.75) is 6.23 Å². The van der Waals surface area contributed by atoms with Crippen molar-refractivity contribution >= 4 is 17.9 Å². The maximum Gasteiger partial charge on any atom is 0.405 e. The first-order valence-corrected chi connectivity index (χ1v) is 4.08. The lowest BCUT2D eigenvalue weighted by atomic mass is 10.2. The van der Waals surface area contributed by atoms with Crippen molar-refractivity contribution in [1.29, 1.82) is 0 Å². The molecule has 0 aliphatic heterocycles. The van der Waals surface area contributed by atoms with Crippen LogP contribution in [0.2, 0.25) is 0 Å². The molecular formula is C8H6NO4S. The average molecular weight is 212 g/mol. The van der Waals surface area contributed by atoms with E-state index < -0.39 is 16.5 Å². The highest BCUT2D eigenvalue weighted by molar-refractivity contribution is 7.96. The molecule has 5 nitrogen and oxygen atoms in total. The second-order valence-electron chi connectivity index (χ2n) is 2.42. The summed E-state index contributed by atoms with van der Waals surface area (Å²) in [7, 11) is 0. The summed E-state index contributed by atoms with van der Waals surface area (Å²) in [6.07, 6.45) is -1.51. The Morgan fingerprint density at radius 3 is 2.43 bits per heavy atom. The standard InChI is InChI=1S/C8H6NO4S/c10-8(14)13-7(9(11)12)6-4-2-1-3-5-6/h1-5,7H. The molecule has 0 fully saturated rings. The van der Waals surface area contributed by atoms with Gasteiger partial charge in [0.2, 0.25) is 0 Å².